The van der Waals surface area contributed by atoms with E-state index in [0.29, 0.717) is 6.54 Å². The van der Waals surface area contributed by atoms with E-state index in [1.807, 2.05) is 16.9 Å². The van der Waals surface area contributed by atoms with Crippen molar-refractivity contribution in [2.45, 2.75) is 45.3 Å². The van der Waals surface area contributed by atoms with Crippen molar-refractivity contribution in [2.24, 2.45) is 5.73 Å². The molecule has 0 amide bonds. The van der Waals surface area contributed by atoms with Crippen LogP contribution >= 0.6 is 27.5 Å². The van der Waals surface area contributed by atoms with Gasteiger partial charge in [-0.1, -0.05) is 24.9 Å². The molecule has 6 heteroatoms. The van der Waals surface area contributed by atoms with Crippen LogP contribution in [0.2, 0.25) is 5.02 Å². The molecule has 2 aromatic rings. The lowest BCUT2D eigenvalue weighted by Crippen LogP contribution is -2.12. The molecule has 122 valence electrons. The Hall–Kier alpha value is -0.620. The Balaban J connectivity index is 2.43. The maximum atomic E-state index is 6.47. The summed E-state index contributed by atoms with van der Waals surface area (Å²) < 4.78 is 8.54. The monoisotopic (exact) mass is 387 g/mol. The van der Waals surface area contributed by atoms with Crippen molar-refractivity contribution in [1.29, 1.82) is 0 Å². The van der Waals surface area contributed by atoms with E-state index in [0.717, 1.165) is 58.1 Å². The molecule has 0 aliphatic heterocycles. The number of methoxy groups -OCH3 is 1. The molecule has 1 atom stereocenters. The maximum Gasteiger partial charge on any atom is 0.150 e. The highest BCUT2D eigenvalue weighted by Crippen LogP contribution is 2.35. The number of rotatable bonds is 8. The second kappa shape index (κ2) is 8.29. The normalized spacial score (nSPS) is 13.0. The molecule has 1 aromatic carbocycles. The molecular formula is C16H23BrClN3O. The van der Waals surface area contributed by atoms with Crippen molar-refractivity contribution in [3.63, 3.8) is 0 Å². The largest absolute Gasteiger partial charge is 0.360 e. The third-order valence-corrected chi connectivity index (χ3v) is 5.11. The molecule has 0 saturated carbocycles. The van der Waals surface area contributed by atoms with Gasteiger partial charge in [-0.2, -0.15) is 5.10 Å². The SMILES string of the molecule is CCCCC(OC)n1ncc2c(Br)c(CCCN)c(Cl)cc21. The highest BCUT2D eigenvalue weighted by Gasteiger charge is 2.18. The van der Waals surface area contributed by atoms with Gasteiger partial charge < -0.3 is 10.5 Å². The highest BCUT2D eigenvalue weighted by atomic mass is 79.9. The molecule has 0 bridgehead atoms. The average molecular weight is 389 g/mol. The van der Waals surface area contributed by atoms with E-state index in [9.17, 15) is 0 Å². The molecule has 2 rings (SSSR count). The number of nitrogens with zero attached hydrogens (tertiary/aromatic N) is 2. The van der Waals surface area contributed by atoms with Gasteiger partial charge in [0.25, 0.3) is 0 Å². The topological polar surface area (TPSA) is 53.1 Å². The number of unbranched alkanes of at least 4 members (excludes halogenated alkanes) is 1. The van der Waals surface area contributed by atoms with Gasteiger partial charge in [-0.25, -0.2) is 4.68 Å². The van der Waals surface area contributed by atoms with Crippen LogP contribution in [0.25, 0.3) is 10.9 Å². The summed E-state index contributed by atoms with van der Waals surface area (Å²) in [6, 6.07) is 1.98. The number of hydrogen-bond donors (Lipinski definition) is 1. The number of ether oxygens (including phenoxy) is 1. The molecule has 22 heavy (non-hydrogen) atoms. The first-order valence-corrected chi connectivity index (χ1v) is 8.88. The van der Waals surface area contributed by atoms with E-state index in [1.54, 1.807) is 7.11 Å². The summed E-state index contributed by atoms with van der Waals surface area (Å²) >= 11 is 10.2. The van der Waals surface area contributed by atoms with E-state index < -0.39 is 0 Å². The van der Waals surface area contributed by atoms with Gasteiger partial charge >= 0.3 is 0 Å². The second-order valence-corrected chi connectivity index (χ2v) is 6.60. The average Bonchev–Trinajstić information content (AvgIpc) is 2.92. The number of aromatic nitrogens is 2. The van der Waals surface area contributed by atoms with Gasteiger partial charge in [-0.05, 0) is 59.8 Å². The Morgan fingerprint density at radius 2 is 2.23 bits per heavy atom. The third-order valence-electron chi connectivity index (χ3n) is 3.87. The van der Waals surface area contributed by atoms with Crippen LogP contribution in [0, 0.1) is 0 Å². The van der Waals surface area contributed by atoms with Crippen molar-refractivity contribution in [3.05, 3.63) is 27.3 Å². The van der Waals surface area contributed by atoms with Crippen LogP contribution in [0.4, 0.5) is 0 Å². The van der Waals surface area contributed by atoms with E-state index in [2.05, 4.69) is 28.0 Å². The fourth-order valence-corrected chi connectivity index (χ4v) is 3.74. The number of hydrogen-bond acceptors (Lipinski definition) is 3. The molecule has 2 N–H and O–H groups in total. The van der Waals surface area contributed by atoms with Gasteiger partial charge in [0.15, 0.2) is 0 Å². The molecule has 1 heterocycles. The zero-order valence-corrected chi connectivity index (χ0v) is 15.5. The van der Waals surface area contributed by atoms with Gasteiger partial charge in [0.1, 0.15) is 6.23 Å². The van der Waals surface area contributed by atoms with Gasteiger partial charge in [0.2, 0.25) is 0 Å². The molecule has 0 saturated heterocycles. The van der Waals surface area contributed by atoms with Crippen LogP contribution in [-0.4, -0.2) is 23.4 Å². The smallest absolute Gasteiger partial charge is 0.150 e. The first-order valence-electron chi connectivity index (χ1n) is 7.71. The number of nitrogens with two attached hydrogens (primary N) is 1. The lowest BCUT2D eigenvalue weighted by molar-refractivity contribution is 0.0288. The van der Waals surface area contributed by atoms with E-state index >= 15 is 0 Å². The van der Waals surface area contributed by atoms with E-state index in [-0.39, 0.29) is 6.23 Å². The van der Waals surface area contributed by atoms with E-state index in [4.69, 9.17) is 22.1 Å². The quantitative estimate of drug-likeness (QED) is 0.714. The number of benzene rings is 1. The summed E-state index contributed by atoms with van der Waals surface area (Å²) in [5.41, 5.74) is 7.70. The maximum absolute atomic E-state index is 6.47. The van der Waals surface area contributed by atoms with Gasteiger partial charge in [-0.3, -0.25) is 0 Å². The highest BCUT2D eigenvalue weighted by molar-refractivity contribution is 9.10. The Morgan fingerprint density at radius 1 is 1.45 bits per heavy atom. The van der Waals surface area contributed by atoms with Crippen LogP contribution < -0.4 is 5.73 Å². The minimum Gasteiger partial charge on any atom is -0.360 e. The predicted octanol–water partition coefficient (Wildman–Crippen LogP) is 4.68. The van der Waals surface area contributed by atoms with Crippen molar-refractivity contribution in [2.75, 3.05) is 13.7 Å². The number of fused-ring (bicyclic) bond motifs is 1. The molecule has 4 nitrogen and oxygen atoms in total. The fourth-order valence-electron chi connectivity index (χ4n) is 2.62. The first kappa shape index (κ1) is 17.7. The summed E-state index contributed by atoms with van der Waals surface area (Å²) in [5.74, 6) is 0. The summed E-state index contributed by atoms with van der Waals surface area (Å²) in [6.45, 7) is 2.83. The lowest BCUT2D eigenvalue weighted by Gasteiger charge is -2.17. The predicted molar refractivity (Wildman–Crippen MR) is 95.4 cm³/mol. The lowest BCUT2D eigenvalue weighted by atomic mass is 10.1. The van der Waals surface area contributed by atoms with Crippen LogP contribution in [0.15, 0.2) is 16.7 Å². The minimum atomic E-state index is -0.0599. The molecule has 0 aliphatic carbocycles. The number of halogens is 2. The molecule has 0 fully saturated rings. The Bertz CT molecular complexity index is 629. The molecule has 0 spiro atoms. The fraction of sp³-hybridized carbons (Fsp3) is 0.562. The van der Waals surface area contributed by atoms with Crippen LogP contribution in [0.3, 0.4) is 0 Å². The minimum absolute atomic E-state index is 0.0599. The zero-order valence-electron chi connectivity index (χ0n) is 13.1. The second-order valence-electron chi connectivity index (χ2n) is 5.40. The van der Waals surface area contributed by atoms with Crippen molar-refractivity contribution >= 4 is 38.4 Å². The van der Waals surface area contributed by atoms with Gasteiger partial charge in [-0.15, -0.1) is 0 Å². The Labute approximate surface area is 145 Å². The molecule has 1 aromatic heterocycles. The third kappa shape index (κ3) is 3.65. The van der Waals surface area contributed by atoms with Crippen LogP contribution in [0.5, 0.6) is 0 Å². The Kier molecular flexibility index (Phi) is 6.68. The summed E-state index contributed by atoms with van der Waals surface area (Å²) in [5, 5.41) is 6.34. The van der Waals surface area contributed by atoms with Gasteiger partial charge in [0.05, 0.1) is 11.7 Å². The Morgan fingerprint density at radius 3 is 2.86 bits per heavy atom. The van der Waals surface area contributed by atoms with Crippen molar-refractivity contribution in [3.8, 4) is 0 Å². The van der Waals surface area contributed by atoms with Crippen LogP contribution in [0.1, 0.15) is 44.4 Å². The summed E-state index contributed by atoms with van der Waals surface area (Å²) in [4.78, 5) is 0. The zero-order chi connectivity index (χ0) is 16.1. The molecular weight excluding hydrogens is 366 g/mol. The standard InChI is InChI=1S/C16H23BrClN3O/c1-3-4-7-15(22-2)21-14-9-13(18)11(6-5-8-19)16(17)12(14)10-20-21/h9-10,15H,3-8,19H2,1-2H3. The van der Waals surface area contributed by atoms with Crippen LogP contribution in [-0.2, 0) is 11.2 Å². The van der Waals surface area contributed by atoms with Gasteiger partial charge in [0, 0.05) is 22.0 Å². The van der Waals surface area contributed by atoms with Crippen molar-refractivity contribution < 1.29 is 4.74 Å². The van der Waals surface area contributed by atoms with Crippen molar-refractivity contribution in [1.82, 2.24) is 9.78 Å². The molecule has 1 unspecified atom stereocenters. The molecule has 0 aliphatic rings. The summed E-state index contributed by atoms with van der Waals surface area (Å²) in [7, 11) is 1.72. The van der Waals surface area contributed by atoms with E-state index in [1.165, 1.54) is 0 Å². The first-order chi connectivity index (χ1) is 10.6. The molecule has 0 radical (unpaired) electrons. The summed E-state index contributed by atoms with van der Waals surface area (Å²) in [6.07, 6.45) is 6.76.